The van der Waals surface area contributed by atoms with Crippen LogP contribution < -0.4 is 5.32 Å². The molecule has 3 amide bonds. The zero-order valence-electron chi connectivity index (χ0n) is 18.6. The van der Waals surface area contributed by atoms with E-state index in [0.29, 0.717) is 25.0 Å². The first kappa shape index (κ1) is 22.6. The summed E-state index contributed by atoms with van der Waals surface area (Å²) < 4.78 is 5.55. The minimum absolute atomic E-state index is 0.0571. The van der Waals surface area contributed by atoms with Gasteiger partial charge in [-0.3, -0.25) is 9.69 Å². The van der Waals surface area contributed by atoms with Gasteiger partial charge in [0.2, 0.25) is 5.91 Å². The van der Waals surface area contributed by atoms with Crippen LogP contribution in [0.25, 0.3) is 0 Å². The normalized spacial score (nSPS) is 19.9. The van der Waals surface area contributed by atoms with Gasteiger partial charge in [-0.05, 0) is 31.7 Å². The van der Waals surface area contributed by atoms with Crippen molar-refractivity contribution in [2.24, 2.45) is 0 Å². The van der Waals surface area contributed by atoms with Crippen LogP contribution in [0.1, 0.15) is 30.4 Å². The summed E-state index contributed by atoms with van der Waals surface area (Å²) in [6.45, 7) is 6.60. The number of urea groups is 1. The average Bonchev–Trinajstić information content (AvgIpc) is 3.22. The Labute approximate surface area is 180 Å². The van der Waals surface area contributed by atoms with Crippen molar-refractivity contribution in [1.82, 2.24) is 20.0 Å². The fourth-order valence-electron chi connectivity index (χ4n) is 4.43. The van der Waals surface area contributed by atoms with E-state index in [-0.39, 0.29) is 11.9 Å². The standard InChI is InChI=1S/C23H36N4O3/c1-18-4-6-19(7-5-18)16-22(28)24-11-13-27(20-9-14-30-15-10-20)21-8-12-26(17-21)23(29)25(2)3/h4-7,20-21H,8-17H2,1-3H3,(H,24,28). The van der Waals surface area contributed by atoms with Crippen LogP contribution in [0.5, 0.6) is 0 Å². The molecule has 1 aromatic carbocycles. The molecule has 0 aliphatic carbocycles. The Kier molecular flexibility index (Phi) is 8.10. The van der Waals surface area contributed by atoms with Crippen molar-refractivity contribution < 1.29 is 14.3 Å². The lowest BCUT2D eigenvalue weighted by atomic mass is 10.0. The maximum Gasteiger partial charge on any atom is 0.319 e. The number of likely N-dealkylation sites (tertiary alicyclic amines) is 1. The summed E-state index contributed by atoms with van der Waals surface area (Å²) in [5.74, 6) is 0.0571. The Morgan fingerprint density at radius 3 is 2.47 bits per heavy atom. The lowest BCUT2D eigenvalue weighted by Crippen LogP contribution is -2.50. The molecule has 0 aromatic heterocycles. The van der Waals surface area contributed by atoms with Gasteiger partial charge in [-0.25, -0.2) is 4.79 Å². The molecule has 0 bridgehead atoms. The topological polar surface area (TPSA) is 65.1 Å². The molecule has 1 atom stereocenters. The fourth-order valence-corrected chi connectivity index (χ4v) is 4.43. The molecule has 166 valence electrons. The molecule has 3 rings (SSSR count). The molecular formula is C23H36N4O3. The maximum atomic E-state index is 12.4. The molecular weight excluding hydrogens is 380 g/mol. The van der Waals surface area contributed by atoms with Crippen LogP contribution in [-0.2, 0) is 16.0 Å². The van der Waals surface area contributed by atoms with Gasteiger partial charge in [0.15, 0.2) is 0 Å². The van der Waals surface area contributed by atoms with Gasteiger partial charge in [-0.2, -0.15) is 0 Å². The Hall–Kier alpha value is -2.12. The predicted molar refractivity (Wildman–Crippen MR) is 118 cm³/mol. The second-order valence-electron chi connectivity index (χ2n) is 8.66. The first-order valence-electron chi connectivity index (χ1n) is 11.1. The summed E-state index contributed by atoms with van der Waals surface area (Å²) in [5.41, 5.74) is 2.23. The highest BCUT2D eigenvalue weighted by Crippen LogP contribution is 2.23. The summed E-state index contributed by atoms with van der Waals surface area (Å²) in [4.78, 5) is 30.8. The van der Waals surface area contributed by atoms with Gasteiger partial charge in [0, 0.05) is 65.6 Å². The van der Waals surface area contributed by atoms with Crippen molar-refractivity contribution in [1.29, 1.82) is 0 Å². The van der Waals surface area contributed by atoms with Crippen LogP contribution in [0.3, 0.4) is 0 Å². The number of hydrogen-bond donors (Lipinski definition) is 1. The third-order valence-corrected chi connectivity index (χ3v) is 6.12. The minimum atomic E-state index is 0.0571. The molecule has 2 saturated heterocycles. The molecule has 2 aliphatic heterocycles. The summed E-state index contributed by atoms with van der Waals surface area (Å²) in [7, 11) is 3.60. The number of ether oxygens (including phenoxy) is 1. The highest BCUT2D eigenvalue weighted by atomic mass is 16.5. The second kappa shape index (κ2) is 10.8. The van der Waals surface area contributed by atoms with E-state index in [1.165, 1.54) is 5.56 Å². The summed E-state index contributed by atoms with van der Waals surface area (Å²) in [6.07, 6.45) is 3.41. The quantitative estimate of drug-likeness (QED) is 0.737. The van der Waals surface area contributed by atoms with Gasteiger partial charge in [0.05, 0.1) is 6.42 Å². The molecule has 1 N–H and O–H groups in total. The van der Waals surface area contributed by atoms with Crippen LogP contribution in [0, 0.1) is 6.92 Å². The molecule has 7 nitrogen and oxygen atoms in total. The van der Waals surface area contributed by atoms with Gasteiger partial charge in [-0.1, -0.05) is 29.8 Å². The molecule has 0 radical (unpaired) electrons. The van der Waals surface area contributed by atoms with Crippen molar-refractivity contribution in [2.75, 3.05) is 53.5 Å². The lowest BCUT2D eigenvalue weighted by Gasteiger charge is -2.38. The highest BCUT2D eigenvalue weighted by Gasteiger charge is 2.34. The number of hydrogen-bond acceptors (Lipinski definition) is 4. The van der Waals surface area contributed by atoms with Crippen molar-refractivity contribution in [3.8, 4) is 0 Å². The Morgan fingerprint density at radius 1 is 1.10 bits per heavy atom. The first-order chi connectivity index (χ1) is 14.4. The maximum absolute atomic E-state index is 12.4. The number of benzene rings is 1. The van der Waals surface area contributed by atoms with E-state index in [0.717, 1.165) is 57.7 Å². The van der Waals surface area contributed by atoms with Gasteiger partial charge < -0.3 is 19.9 Å². The number of aryl methyl sites for hydroxylation is 1. The molecule has 1 unspecified atom stereocenters. The van der Waals surface area contributed by atoms with E-state index in [1.807, 2.05) is 36.1 Å². The average molecular weight is 417 g/mol. The summed E-state index contributed by atoms with van der Waals surface area (Å²) >= 11 is 0. The Bertz CT molecular complexity index is 701. The lowest BCUT2D eigenvalue weighted by molar-refractivity contribution is -0.120. The number of amides is 3. The van der Waals surface area contributed by atoms with E-state index >= 15 is 0 Å². The van der Waals surface area contributed by atoms with E-state index < -0.39 is 0 Å². The molecule has 2 aliphatic rings. The van der Waals surface area contributed by atoms with Crippen LogP contribution in [0.15, 0.2) is 24.3 Å². The number of carbonyl (C=O) groups is 2. The third kappa shape index (κ3) is 6.19. The molecule has 30 heavy (non-hydrogen) atoms. The van der Waals surface area contributed by atoms with Crippen molar-refractivity contribution in [3.05, 3.63) is 35.4 Å². The fraction of sp³-hybridized carbons (Fsp3) is 0.652. The zero-order valence-corrected chi connectivity index (χ0v) is 18.6. The highest BCUT2D eigenvalue weighted by molar-refractivity contribution is 5.78. The number of nitrogens with one attached hydrogen (secondary N) is 1. The van der Waals surface area contributed by atoms with Crippen molar-refractivity contribution >= 4 is 11.9 Å². The van der Waals surface area contributed by atoms with Crippen LogP contribution in [-0.4, -0.2) is 92.2 Å². The smallest absolute Gasteiger partial charge is 0.319 e. The van der Waals surface area contributed by atoms with Crippen LogP contribution in [0.2, 0.25) is 0 Å². The molecule has 2 heterocycles. The third-order valence-electron chi connectivity index (χ3n) is 6.12. The summed E-state index contributed by atoms with van der Waals surface area (Å²) in [5, 5.41) is 3.09. The molecule has 1 aromatic rings. The monoisotopic (exact) mass is 416 g/mol. The van der Waals surface area contributed by atoms with E-state index in [4.69, 9.17) is 4.74 Å². The Morgan fingerprint density at radius 2 is 1.80 bits per heavy atom. The van der Waals surface area contributed by atoms with Crippen LogP contribution in [0.4, 0.5) is 4.79 Å². The number of rotatable bonds is 7. The van der Waals surface area contributed by atoms with Crippen molar-refractivity contribution in [2.45, 2.75) is 44.7 Å². The van der Waals surface area contributed by atoms with Crippen molar-refractivity contribution in [3.63, 3.8) is 0 Å². The van der Waals surface area contributed by atoms with Gasteiger partial charge >= 0.3 is 6.03 Å². The van der Waals surface area contributed by atoms with E-state index in [9.17, 15) is 9.59 Å². The number of nitrogens with zero attached hydrogens (tertiary/aromatic N) is 3. The van der Waals surface area contributed by atoms with Gasteiger partial charge in [0.1, 0.15) is 0 Å². The van der Waals surface area contributed by atoms with Gasteiger partial charge in [0.25, 0.3) is 0 Å². The zero-order chi connectivity index (χ0) is 21.5. The van der Waals surface area contributed by atoms with Crippen LogP contribution >= 0.6 is 0 Å². The van der Waals surface area contributed by atoms with Gasteiger partial charge in [-0.15, -0.1) is 0 Å². The molecule has 0 spiro atoms. The van der Waals surface area contributed by atoms with E-state index in [1.54, 1.807) is 19.0 Å². The largest absolute Gasteiger partial charge is 0.381 e. The first-order valence-corrected chi connectivity index (χ1v) is 11.1. The van der Waals surface area contributed by atoms with E-state index in [2.05, 4.69) is 10.2 Å². The second-order valence-corrected chi connectivity index (χ2v) is 8.66. The Balaban J connectivity index is 1.53. The summed E-state index contributed by atoms with van der Waals surface area (Å²) in [6, 6.07) is 8.97. The minimum Gasteiger partial charge on any atom is -0.381 e. The SMILES string of the molecule is Cc1ccc(CC(=O)NCCN(C2CCOCC2)C2CCN(C(=O)N(C)C)C2)cc1. The molecule has 7 heteroatoms. The molecule has 2 fully saturated rings. The molecule has 0 saturated carbocycles. The predicted octanol–water partition coefficient (Wildman–Crippen LogP) is 1.89. The number of carbonyl (C=O) groups excluding carboxylic acids is 2.